The molecule has 2 saturated heterocycles. The van der Waals surface area contributed by atoms with E-state index in [1.54, 1.807) is 6.20 Å². The molecule has 2 aliphatic heterocycles. The summed E-state index contributed by atoms with van der Waals surface area (Å²) >= 11 is 0. The molecule has 0 radical (unpaired) electrons. The molecule has 1 aromatic heterocycles. The number of amides is 1. The molecule has 5 nitrogen and oxygen atoms in total. The molecule has 1 saturated carbocycles. The number of carbonyl (C=O) groups is 1. The Balaban J connectivity index is 1.40. The molecule has 25 heavy (non-hydrogen) atoms. The molecule has 5 heteroatoms. The summed E-state index contributed by atoms with van der Waals surface area (Å²) in [6.45, 7) is 6.98. The maximum absolute atomic E-state index is 12.9. The van der Waals surface area contributed by atoms with E-state index in [9.17, 15) is 4.79 Å². The van der Waals surface area contributed by atoms with Crippen molar-refractivity contribution < 1.29 is 9.53 Å². The molecular weight excluding hydrogens is 314 g/mol. The van der Waals surface area contributed by atoms with Crippen LogP contribution in [0.4, 0.5) is 0 Å². The van der Waals surface area contributed by atoms with Crippen molar-refractivity contribution in [1.82, 2.24) is 14.8 Å². The van der Waals surface area contributed by atoms with Gasteiger partial charge in [-0.25, -0.2) is 4.98 Å². The normalized spacial score (nSPS) is 26.8. The van der Waals surface area contributed by atoms with Gasteiger partial charge in [0.1, 0.15) is 0 Å². The third-order valence-corrected chi connectivity index (χ3v) is 5.87. The van der Waals surface area contributed by atoms with E-state index in [2.05, 4.69) is 23.7 Å². The molecular formula is C20H29N3O2. The molecule has 4 rings (SSSR count). The lowest BCUT2D eigenvalue weighted by molar-refractivity contribution is 0.0728. The summed E-state index contributed by atoms with van der Waals surface area (Å²) in [5.74, 6) is 1.45. The number of fused-ring (bicyclic) bond motifs is 2. The van der Waals surface area contributed by atoms with Crippen LogP contribution in [0.2, 0.25) is 0 Å². The second-order valence-corrected chi connectivity index (χ2v) is 8.11. The summed E-state index contributed by atoms with van der Waals surface area (Å²) in [4.78, 5) is 21.9. The zero-order valence-corrected chi connectivity index (χ0v) is 15.4. The van der Waals surface area contributed by atoms with Gasteiger partial charge in [-0.2, -0.15) is 0 Å². The highest BCUT2D eigenvalue weighted by Crippen LogP contribution is 2.32. The minimum atomic E-state index is 0.109. The summed E-state index contributed by atoms with van der Waals surface area (Å²) < 4.78 is 5.67. The van der Waals surface area contributed by atoms with Gasteiger partial charge in [0, 0.05) is 43.5 Å². The second kappa shape index (κ2) is 6.94. The number of hydrogen-bond donors (Lipinski definition) is 0. The standard InChI is InChI=1S/C20H29N3O2/c1-14(2)23-17-6-7-18(23)12-22(10-9-17)20(24)16-5-8-19(21-11-16)25-13-15-3-4-15/h5,8,11,14-15,17-18H,3-4,6-7,9-10,12-13H2,1-2H3/t17-,18-/m0/s1. The molecule has 3 fully saturated rings. The van der Waals surface area contributed by atoms with Crippen LogP contribution in [0.25, 0.3) is 0 Å². The summed E-state index contributed by atoms with van der Waals surface area (Å²) in [6, 6.07) is 5.39. The van der Waals surface area contributed by atoms with Crippen molar-refractivity contribution in [3.8, 4) is 5.88 Å². The first kappa shape index (κ1) is 16.8. The fourth-order valence-corrected chi connectivity index (χ4v) is 4.40. The fourth-order valence-electron chi connectivity index (χ4n) is 4.40. The van der Waals surface area contributed by atoms with Crippen molar-refractivity contribution >= 4 is 5.91 Å². The molecule has 1 amide bonds. The molecule has 2 bridgehead atoms. The Kier molecular flexibility index (Phi) is 4.67. The van der Waals surface area contributed by atoms with Crippen LogP contribution < -0.4 is 4.74 Å². The molecule has 0 N–H and O–H groups in total. The Morgan fingerprint density at radius 1 is 1.20 bits per heavy atom. The quantitative estimate of drug-likeness (QED) is 0.825. The fraction of sp³-hybridized carbons (Fsp3) is 0.700. The van der Waals surface area contributed by atoms with Crippen molar-refractivity contribution in [2.24, 2.45) is 5.92 Å². The van der Waals surface area contributed by atoms with E-state index in [1.807, 2.05) is 17.0 Å². The first-order chi connectivity index (χ1) is 12.1. The third kappa shape index (κ3) is 3.66. The highest BCUT2D eigenvalue weighted by Gasteiger charge is 2.39. The largest absolute Gasteiger partial charge is 0.477 e. The van der Waals surface area contributed by atoms with Crippen LogP contribution in [-0.2, 0) is 0 Å². The molecule has 1 aliphatic carbocycles. The van der Waals surface area contributed by atoms with Gasteiger partial charge in [0.05, 0.1) is 12.2 Å². The SMILES string of the molecule is CC(C)N1[C@H]2CC[C@H]1CN(C(=O)c1ccc(OCC3CC3)nc1)CC2. The number of likely N-dealkylation sites (tertiary alicyclic amines) is 1. The van der Waals surface area contributed by atoms with Crippen LogP contribution in [-0.4, -0.2) is 58.5 Å². The highest BCUT2D eigenvalue weighted by atomic mass is 16.5. The van der Waals surface area contributed by atoms with E-state index in [4.69, 9.17) is 4.74 Å². The number of nitrogens with zero attached hydrogens (tertiary/aromatic N) is 3. The Morgan fingerprint density at radius 3 is 2.68 bits per heavy atom. The molecule has 1 aromatic rings. The maximum atomic E-state index is 12.9. The summed E-state index contributed by atoms with van der Waals surface area (Å²) in [5.41, 5.74) is 0.674. The lowest BCUT2D eigenvalue weighted by Crippen LogP contribution is -2.44. The third-order valence-electron chi connectivity index (χ3n) is 5.87. The minimum absolute atomic E-state index is 0.109. The minimum Gasteiger partial charge on any atom is -0.477 e. The summed E-state index contributed by atoms with van der Waals surface area (Å²) in [5, 5.41) is 0. The van der Waals surface area contributed by atoms with Gasteiger partial charge in [0.25, 0.3) is 5.91 Å². The number of ether oxygens (including phenoxy) is 1. The van der Waals surface area contributed by atoms with E-state index in [-0.39, 0.29) is 5.91 Å². The number of hydrogen-bond acceptors (Lipinski definition) is 4. The zero-order chi connectivity index (χ0) is 17.4. The molecule has 0 spiro atoms. The van der Waals surface area contributed by atoms with Crippen molar-refractivity contribution in [3.63, 3.8) is 0 Å². The van der Waals surface area contributed by atoms with E-state index in [0.717, 1.165) is 26.1 Å². The zero-order valence-electron chi connectivity index (χ0n) is 15.4. The molecule has 3 heterocycles. The van der Waals surface area contributed by atoms with Crippen LogP contribution >= 0.6 is 0 Å². The van der Waals surface area contributed by atoms with Crippen LogP contribution in [0.15, 0.2) is 18.3 Å². The van der Waals surface area contributed by atoms with Crippen LogP contribution in [0.5, 0.6) is 5.88 Å². The van der Waals surface area contributed by atoms with Gasteiger partial charge in [0.2, 0.25) is 5.88 Å². The van der Waals surface area contributed by atoms with E-state index < -0.39 is 0 Å². The lowest BCUT2D eigenvalue weighted by Gasteiger charge is -2.32. The van der Waals surface area contributed by atoms with Crippen molar-refractivity contribution in [1.29, 1.82) is 0 Å². The average molecular weight is 343 g/mol. The Morgan fingerprint density at radius 2 is 2.00 bits per heavy atom. The average Bonchev–Trinajstić information content (AvgIpc) is 3.36. The van der Waals surface area contributed by atoms with Crippen LogP contribution in [0.3, 0.4) is 0 Å². The predicted octanol–water partition coefficient (Wildman–Crippen LogP) is 2.96. The molecule has 0 aromatic carbocycles. The summed E-state index contributed by atoms with van der Waals surface area (Å²) in [7, 11) is 0. The maximum Gasteiger partial charge on any atom is 0.255 e. The number of carbonyl (C=O) groups excluding carboxylic acids is 1. The smallest absolute Gasteiger partial charge is 0.255 e. The monoisotopic (exact) mass is 343 g/mol. The number of aromatic nitrogens is 1. The van der Waals surface area contributed by atoms with Gasteiger partial charge in [-0.15, -0.1) is 0 Å². The Hall–Kier alpha value is -1.62. The van der Waals surface area contributed by atoms with Crippen molar-refractivity contribution in [3.05, 3.63) is 23.9 Å². The Bertz CT molecular complexity index is 612. The van der Waals surface area contributed by atoms with Gasteiger partial charge >= 0.3 is 0 Å². The van der Waals surface area contributed by atoms with Gasteiger partial charge in [-0.1, -0.05) is 0 Å². The molecule has 3 aliphatic rings. The van der Waals surface area contributed by atoms with E-state index in [1.165, 1.54) is 25.7 Å². The van der Waals surface area contributed by atoms with E-state index in [0.29, 0.717) is 35.5 Å². The summed E-state index contributed by atoms with van der Waals surface area (Å²) in [6.07, 6.45) is 7.77. The second-order valence-electron chi connectivity index (χ2n) is 8.11. The number of rotatable bonds is 5. The van der Waals surface area contributed by atoms with E-state index >= 15 is 0 Å². The highest BCUT2D eigenvalue weighted by molar-refractivity contribution is 5.94. The molecule has 136 valence electrons. The lowest BCUT2D eigenvalue weighted by atomic mass is 10.1. The van der Waals surface area contributed by atoms with Crippen LogP contribution in [0, 0.1) is 5.92 Å². The van der Waals surface area contributed by atoms with Gasteiger partial charge < -0.3 is 9.64 Å². The molecule has 2 atom stereocenters. The van der Waals surface area contributed by atoms with Crippen LogP contribution in [0.1, 0.15) is 56.3 Å². The van der Waals surface area contributed by atoms with Gasteiger partial charge in [-0.05, 0) is 57.9 Å². The van der Waals surface area contributed by atoms with Crippen molar-refractivity contribution in [2.75, 3.05) is 19.7 Å². The molecule has 0 unspecified atom stereocenters. The topological polar surface area (TPSA) is 45.7 Å². The predicted molar refractivity (Wildman–Crippen MR) is 96.8 cm³/mol. The Labute approximate surface area is 150 Å². The first-order valence-corrected chi connectivity index (χ1v) is 9.77. The van der Waals surface area contributed by atoms with Crippen molar-refractivity contribution in [2.45, 2.75) is 64.1 Å². The number of pyridine rings is 1. The van der Waals surface area contributed by atoms with Gasteiger partial charge in [0.15, 0.2) is 0 Å². The van der Waals surface area contributed by atoms with Gasteiger partial charge in [-0.3, -0.25) is 9.69 Å². The first-order valence-electron chi connectivity index (χ1n) is 9.77.